The van der Waals surface area contributed by atoms with Crippen LogP contribution in [-0.2, 0) is 26.7 Å². The molecule has 0 radical (unpaired) electrons. The van der Waals surface area contributed by atoms with E-state index in [1.807, 2.05) is 24.1 Å². The van der Waals surface area contributed by atoms with E-state index >= 15 is 0 Å². The van der Waals surface area contributed by atoms with E-state index < -0.39 is 0 Å². The van der Waals surface area contributed by atoms with E-state index in [1.165, 1.54) is 5.56 Å². The molecular weight excluding hydrogens is 264 g/mol. The quantitative estimate of drug-likeness (QED) is 0.811. The van der Waals surface area contributed by atoms with Crippen molar-refractivity contribution in [2.75, 3.05) is 13.6 Å². The molecule has 2 heterocycles. The van der Waals surface area contributed by atoms with Crippen molar-refractivity contribution in [3.8, 4) is 0 Å². The van der Waals surface area contributed by atoms with Crippen molar-refractivity contribution in [1.29, 1.82) is 0 Å². The molecule has 5 nitrogen and oxygen atoms in total. The maximum absolute atomic E-state index is 5.85. The summed E-state index contributed by atoms with van der Waals surface area (Å²) < 4.78 is 7.68. The smallest absolute Gasteiger partial charge is 0.118 e. The van der Waals surface area contributed by atoms with Crippen LogP contribution in [0.3, 0.4) is 0 Å². The Morgan fingerprint density at radius 2 is 2.05 bits per heavy atom. The molecule has 0 bridgehead atoms. The molecule has 0 saturated carbocycles. The van der Waals surface area contributed by atoms with Gasteiger partial charge in [-0.25, -0.2) is 0 Å². The molecule has 0 saturated heterocycles. The first-order valence-corrected chi connectivity index (χ1v) is 7.47. The summed E-state index contributed by atoms with van der Waals surface area (Å²) >= 11 is 0. The van der Waals surface area contributed by atoms with Crippen LogP contribution in [-0.4, -0.2) is 28.3 Å². The standard InChI is InChI=1S/C16H26N4O/c1-13(2)7-17-9-15-5-6-16(21-15)12-19(3)10-14-8-18-20(4)11-14/h5-6,8,11,13,17H,7,9-10,12H2,1-4H3. The molecule has 0 aliphatic carbocycles. The summed E-state index contributed by atoms with van der Waals surface area (Å²) in [5.74, 6) is 2.66. The molecule has 2 aromatic heterocycles. The first kappa shape index (κ1) is 15.8. The molecule has 0 unspecified atom stereocenters. The number of furan rings is 1. The molecule has 0 aliphatic rings. The van der Waals surface area contributed by atoms with Crippen LogP contribution in [0.4, 0.5) is 0 Å². The molecule has 2 rings (SSSR count). The van der Waals surface area contributed by atoms with Gasteiger partial charge in [0.25, 0.3) is 0 Å². The van der Waals surface area contributed by atoms with Crippen LogP contribution in [0.1, 0.15) is 30.9 Å². The Hall–Kier alpha value is -1.59. The number of hydrogen-bond acceptors (Lipinski definition) is 4. The molecule has 5 heteroatoms. The summed E-state index contributed by atoms with van der Waals surface area (Å²) in [6.07, 6.45) is 3.94. The van der Waals surface area contributed by atoms with E-state index in [9.17, 15) is 0 Å². The molecule has 0 amide bonds. The second-order valence-electron chi connectivity index (χ2n) is 6.09. The minimum absolute atomic E-state index is 0.657. The van der Waals surface area contributed by atoms with Gasteiger partial charge in [0, 0.05) is 25.4 Å². The zero-order valence-electron chi connectivity index (χ0n) is 13.5. The first-order chi connectivity index (χ1) is 10.0. The average Bonchev–Trinajstić information content (AvgIpc) is 2.98. The third-order valence-corrected chi connectivity index (χ3v) is 3.21. The highest BCUT2D eigenvalue weighted by Gasteiger charge is 2.07. The fourth-order valence-corrected chi connectivity index (χ4v) is 2.27. The van der Waals surface area contributed by atoms with Crippen LogP contribution in [0, 0.1) is 5.92 Å². The molecule has 0 aromatic carbocycles. The van der Waals surface area contributed by atoms with Crippen molar-refractivity contribution in [3.05, 3.63) is 41.6 Å². The van der Waals surface area contributed by atoms with Crippen LogP contribution in [0.2, 0.25) is 0 Å². The Balaban J connectivity index is 1.78. The Morgan fingerprint density at radius 3 is 2.71 bits per heavy atom. The van der Waals surface area contributed by atoms with E-state index in [2.05, 4.69) is 48.3 Å². The first-order valence-electron chi connectivity index (χ1n) is 7.47. The molecule has 116 valence electrons. The van der Waals surface area contributed by atoms with Crippen molar-refractivity contribution in [2.24, 2.45) is 13.0 Å². The monoisotopic (exact) mass is 290 g/mol. The Labute approximate surface area is 126 Å². The summed E-state index contributed by atoms with van der Waals surface area (Å²) in [5, 5.41) is 7.58. The number of rotatable bonds is 8. The van der Waals surface area contributed by atoms with Gasteiger partial charge < -0.3 is 9.73 Å². The number of nitrogens with one attached hydrogen (secondary N) is 1. The maximum atomic E-state index is 5.85. The van der Waals surface area contributed by atoms with Gasteiger partial charge in [-0.3, -0.25) is 9.58 Å². The Morgan fingerprint density at radius 1 is 1.29 bits per heavy atom. The molecule has 0 spiro atoms. The molecule has 1 N–H and O–H groups in total. The highest BCUT2D eigenvalue weighted by molar-refractivity contribution is 5.08. The lowest BCUT2D eigenvalue weighted by Gasteiger charge is -2.13. The molecule has 0 fully saturated rings. The van der Waals surface area contributed by atoms with E-state index in [0.29, 0.717) is 5.92 Å². The lowest BCUT2D eigenvalue weighted by atomic mass is 10.2. The number of nitrogens with zero attached hydrogens (tertiary/aromatic N) is 3. The molecular formula is C16H26N4O. The van der Waals surface area contributed by atoms with Gasteiger partial charge in [-0.15, -0.1) is 0 Å². The van der Waals surface area contributed by atoms with Gasteiger partial charge in [0.1, 0.15) is 11.5 Å². The zero-order chi connectivity index (χ0) is 15.2. The van der Waals surface area contributed by atoms with Gasteiger partial charge in [-0.2, -0.15) is 5.10 Å². The second-order valence-corrected chi connectivity index (χ2v) is 6.09. The van der Waals surface area contributed by atoms with Crippen molar-refractivity contribution in [1.82, 2.24) is 20.0 Å². The fraction of sp³-hybridized carbons (Fsp3) is 0.562. The summed E-state index contributed by atoms with van der Waals surface area (Å²) in [4.78, 5) is 2.22. The summed E-state index contributed by atoms with van der Waals surface area (Å²) in [7, 11) is 4.03. The largest absolute Gasteiger partial charge is 0.463 e. The Kier molecular flexibility index (Phi) is 5.59. The second kappa shape index (κ2) is 7.43. The van der Waals surface area contributed by atoms with Gasteiger partial charge in [-0.1, -0.05) is 13.8 Å². The molecule has 0 aliphatic heterocycles. The molecule has 0 atom stereocenters. The van der Waals surface area contributed by atoms with Crippen molar-refractivity contribution >= 4 is 0 Å². The van der Waals surface area contributed by atoms with Crippen LogP contribution >= 0.6 is 0 Å². The van der Waals surface area contributed by atoms with Gasteiger partial charge in [0.15, 0.2) is 0 Å². The zero-order valence-corrected chi connectivity index (χ0v) is 13.5. The normalized spacial score (nSPS) is 11.7. The molecule has 21 heavy (non-hydrogen) atoms. The van der Waals surface area contributed by atoms with Crippen LogP contribution in [0.25, 0.3) is 0 Å². The molecule has 2 aromatic rings. The summed E-state index contributed by atoms with van der Waals surface area (Å²) in [5.41, 5.74) is 1.21. The number of aryl methyl sites for hydroxylation is 1. The predicted molar refractivity (Wildman–Crippen MR) is 83.6 cm³/mol. The summed E-state index contributed by atoms with van der Waals surface area (Å²) in [6, 6.07) is 4.12. The van der Waals surface area contributed by atoms with E-state index in [0.717, 1.165) is 37.7 Å². The van der Waals surface area contributed by atoms with E-state index in [4.69, 9.17) is 4.42 Å². The SMILES string of the molecule is CC(C)CNCc1ccc(CN(C)Cc2cnn(C)c2)o1. The topological polar surface area (TPSA) is 46.2 Å². The van der Waals surface area contributed by atoms with Crippen LogP contribution in [0.5, 0.6) is 0 Å². The van der Waals surface area contributed by atoms with Gasteiger partial charge >= 0.3 is 0 Å². The fourth-order valence-electron chi connectivity index (χ4n) is 2.27. The minimum atomic E-state index is 0.657. The van der Waals surface area contributed by atoms with Crippen LogP contribution in [0.15, 0.2) is 28.9 Å². The van der Waals surface area contributed by atoms with Gasteiger partial charge in [0.05, 0.1) is 19.3 Å². The predicted octanol–water partition coefficient (Wildman–Crippen LogP) is 2.39. The highest BCUT2D eigenvalue weighted by Crippen LogP contribution is 2.12. The minimum Gasteiger partial charge on any atom is -0.463 e. The summed E-state index contributed by atoms with van der Waals surface area (Å²) in [6.45, 7) is 7.89. The van der Waals surface area contributed by atoms with Crippen molar-refractivity contribution in [3.63, 3.8) is 0 Å². The van der Waals surface area contributed by atoms with E-state index in [-0.39, 0.29) is 0 Å². The average molecular weight is 290 g/mol. The highest BCUT2D eigenvalue weighted by atomic mass is 16.3. The Bertz CT molecular complexity index is 544. The van der Waals surface area contributed by atoms with Gasteiger partial charge in [0.2, 0.25) is 0 Å². The van der Waals surface area contributed by atoms with Crippen LogP contribution < -0.4 is 5.32 Å². The third-order valence-electron chi connectivity index (χ3n) is 3.21. The van der Waals surface area contributed by atoms with E-state index in [1.54, 1.807) is 0 Å². The van der Waals surface area contributed by atoms with Gasteiger partial charge in [-0.05, 0) is 31.6 Å². The van der Waals surface area contributed by atoms with Crippen molar-refractivity contribution < 1.29 is 4.42 Å². The third kappa shape index (κ3) is 5.36. The van der Waals surface area contributed by atoms with Crippen molar-refractivity contribution in [2.45, 2.75) is 33.5 Å². The number of aromatic nitrogens is 2. The maximum Gasteiger partial charge on any atom is 0.118 e. The lowest BCUT2D eigenvalue weighted by Crippen LogP contribution is -2.18. The number of hydrogen-bond donors (Lipinski definition) is 1. The lowest BCUT2D eigenvalue weighted by molar-refractivity contribution is 0.282.